The Labute approximate surface area is 219 Å². The van der Waals surface area contributed by atoms with Crippen LogP contribution in [0.25, 0.3) is 0 Å². The Morgan fingerprint density at radius 2 is 1.95 bits per heavy atom. The molecule has 0 radical (unpaired) electrons. The fourth-order valence-electron chi connectivity index (χ4n) is 5.01. The van der Waals surface area contributed by atoms with E-state index in [1.54, 1.807) is 38.1 Å². The van der Waals surface area contributed by atoms with Crippen LogP contribution in [-0.2, 0) is 16.1 Å². The lowest BCUT2D eigenvalue weighted by Gasteiger charge is -2.41. The molecule has 0 spiro atoms. The fourth-order valence-corrected chi connectivity index (χ4v) is 5.01. The van der Waals surface area contributed by atoms with Crippen molar-refractivity contribution in [1.29, 1.82) is 0 Å². The van der Waals surface area contributed by atoms with E-state index >= 15 is 0 Å². The standard InChI is InChI=1S/C28H31FN2O7/c1-15(2)28(36)31(13-16-4-6-18(29)7-5-16)21-12-20(27(35)30-8-9-32)23-19-10-17(14-33)11-22(37-3)25(19)38-26(23)24(21)34/h4-7,10-12,14-15,21,23-24,26,32,34H,8-9,13H2,1-3H3,(H,30,35). The SMILES string of the molecule is COc1cc(C=O)cc2c1OC1C2C(C(=O)NCCO)=CC(N(Cc2ccc(F)cc2)C(=O)C(C)C)C1O. The van der Waals surface area contributed by atoms with Crippen LogP contribution >= 0.6 is 0 Å². The zero-order valence-corrected chi connectivity index (χ0v) is 21.4. The van der Waals surface area contributed by atoms with Crippen molar-refractivity contribution >= 4 is 18.1 Å². The number of nitrogens with zero attached hydrogens (tertiary/aromatic N) is 1. The minimum absolute atomic E-state index is 0.00356. The van der Waals surface area contributed by atoms with Gasteiger partial charge >= 0.3 is 0 Å². The average molecular weight is 527 g/mol. The molecule has 2 aliphatic rings. The molecule has 1 aliphatic carbocycles. The maximum Gasteiger partial charge on any atom is 0.247 e. The Balaban J connectivity index is 1.83. The van der Waals surface area contributed by atoms with Gasteiger partial charge in [0.15, 0.2) is 11.5 Å². The molecule has 3 N–H and O–H groups in total. The molecule has 2 aromatic rings. The van der Waals surface area contributed by atoms with Gasteiger partial charge in [-0.15, -0.1) is 0 Å². The van der Waals surface area contributed by atoms with Crippen LogP contribution in [0.15, 0.2) is 48.0 Å². The predicted octanol–water partition coefficient (Wildman–Crippen LogP) is 1.95. The van der Waals surface area contributed by atoms with Crippen LogP contribution in [0.1, 0.15) is 41.3 Å². The first kappa shape index (κ1) is 27.3. The van der Waals surface area contributed by atoms with E-state index in [0.29, 0.717) is 28.7 Å². The highest BCUT2D eigenvalue weighted by Gasteiger charge is 2.51. The summed E-state index contributed by atoms with van der Waals surface area (Å²) in [6.45, 7) is 3.23. The van der Waals surface area contributed by atoms with Crippen LogP contribution in [0.5, 0.6) is 11.5 Å². The number of aliphatic hydroxyl groups excluding tert-OH is 2. The van der Waals surface area contributed by atoms with E-state index in [4.69, 9.17) is 9.47 Å². The highest BCUT2D eigenvalue weighted by molar-refractivity contribution is 5.96. The number of methoxy groups -OCH3 is 1. The third kappa shape index (κ3) is 5.14. The summed E-state index contributed by atoms with van der Waals surface area (Å²) in [6.07, 6.45) is -0.0318. The number of carbonyl (C=O) groups excluding carboxylic acids is 3. The number of carbonyl (C=O) groups is 3. The number of amides is 2. The van der Waals surface area contributed by atoms with E-state index in [1.807, 2.05) is 0 Å². The molecule has 9 nitrogen and oxygen atoms in total. The van der Waals surface area contributed by atoms with Gasteiger partial charge in [0, 0.05) is 35.7 Å². The van der Waals surface area contributed by atoms with E-state index in [0.717, 1.165) is 0 Å². The molecule has 0 aromatic heterocycles. The zero-order valence-electron chi connectivity index (χ0n) is 21.4. The van der Waals surface area contributed by atoms with Crippen molar-refractivity contribution in [3.63, 3.8) is 0 Å². The fraction of sp³-hybridized carbons (Fsp3) is 0.393. The molecule has 10 heteroatoms. The number of aldehydes is 1. The minimum atomic E-state index is -1.26. The lowest BCUT2D eigenvalue weighted by molar-refractivity contribution is -0.141. The van der Waals surface area contributed by atoms with Crippen molar-refractivity contribution in [3.8, 4) is 11.5 Å². The summed E-state index contributed by atoms with van der Waals surface area (Å²) in [5.41, 5.74) is 1.68. The van der Waals surface area contributed by atoms with Crippen molar-refractivity contribution in [2.45, 2.75) is 44.6 Å². The zero-order chi connectivity index (χ0) is 27.6. The molecule has 4 rings (SSSR count). The number of benzene rings is 2. The Kier molecular flexibility index (Phi) is 8.13. The highest BCUT2D eigenvalue weighted by Crippen LogP contribution is 2.51. The summed E-state index contributed by atoms with van der Waals surface area (Å²) in [4.78, 5) is 39.8. The molecule has 202 valence electrons. The van der Waals surface area contributed by atoms with Crippen molar-refractivity contribution in [3.05, 3.63) is 70.6 Å². The number of fused-ring (bicyclic) bond motifs is 3. The molecule has 4 unspecified atom stereocenters. The third-order valence-electron chi connectivity index (χ3n) is 6.81. The third-order valence-corrected chi connectivity index (χ3v) is 6.81. The Morgan fingerprint density at radius 1 is 1.24 bits per heavy atom. The van der Waals surface area contributed by atoms with E-state index in [1.165, 1.54) is 30.2 Å². The maximum atomic E-state index is 13.5. The second-order valence-electron chi connectivity index (χ2n) is 9.65. The number of hydrogen-bond donors (Lipinski definition) is 3. The summed E-state index contributed by atoms with van der Waals surface area (Å²) in [6, 6.07) is 7.82. The van der Waals surface area contributed by atoms with Gasteiger partial charge in [-0.25, -0.2) is 4.39 Å². The number of halogens is 1. The minimum Gasteiger partial charge on any atom is -0.493 e. The lowest BCUT2D eigenvalue weighted by Crippen LogP contribution is -2.56. The summed E-state index contributed by atoms with van der Waals surface area (Å²) < 4.78 is 25.1. The lowest BCUT2D eigenvalue weighted by atomic mass is 9.77. The maximum absolute atomic E-state index is 13.5. The largest absolute Gasteiger partial charge is 0.493 e. The van der Waals surface area contributed by atoms with E-state index in [9.17, 15) is 29.0 Å². The Hall–Kier alpha value is -3.76. The van der Waals surface area contributed by atoms with Crippen molar-refractivity contribution in [2.75, 3.05) is 20.3 Å². The summed E-state index contributed by atoms with van der Waals surface area (Å²) >= 11 is 0. The summed E-state index contributed by atoms with van der Waals surface area (Å²) in [7, 11) is 1.42. The molecule has 1 aliphatic heterocycles. The Bertz CT molecular complexity index is 1240. The van der Waals surface area contributed by atoms with Gasteiger partial charge in [0.1, 0.15) is 24.3 Å². The average Bonchev–Trinajstić information content (AvgIpc) is 3.31. The molecule has 4 atom stereocenters. The van der Waals surface area contributed by atoms with Crippen molar-refractivity contribution in [1.82, 2.24) is 10.2 Å². The molecule has 0 saturated carbocycles. The van der Waals surface area contributed by atoms with Crippen molar-refractivity contribution < 1.29 is 38.5 Å². The van der Waals surface area contributed by atoms with E-state index < -0.39 is 41.8 Å². The molecular weight excluding hydrogens is 495 g/mol. The highest BCUT2D eigenvalue weighted by atomic mass is 19.1. The molecule has 2 amide bonds. The van der Waals surface area contributed by atoms with Crippen LogP contribution in [0.2, 0.25) is 0 Å². The van der Waals surface area contributed by atoms with Crippen LogP contribution in [-0.4, -0.2) is 71.7 Å². The summed E-state index contributed by atoms with van der Waals surface area (Å²) in [5.74, 6) is -1.81. The first-order chi connectivity index (χ1) is 18.2. The number of rotatable bonds is 9. The quantitative estimate of drug-likeness (QED) is 0.427. The van der Waals surface area contributed by atoms with Crippen LogP contribution in [0, 0.1) is 11.7 Å². The first-order valence-corrected chi connectivity index (χ1v) is 12.4. The van der Waals surface area contributed by atoms with E-state index in [2.05, 4.69) is 5.32 Å². The normalized spacial score (nSPS) is 21.6. The molecular formula is C28H31FN2O7. The topological polar surface area (TPSA) is 125 Å². The van der Waals surface area contributed by atoms with Gasteiger partial charge in [-0.05, 0) is 35.9 Å². The van der Waals surface area contributed by atoms with Crippen molar-refractivity contribution in [2.24, 2.45) is 5.92 Å². The van der Waals surface area contributed by atoms with Gasteiger partial charge < -0.3 is 29.9 Å². The molecule has 2 aromatic carbocycles. The number of ether oxygens (including phenoxy) is 2. The second-order valence-corrected chi connectivity index (χ2v) is 9.65. The molecule has 0 saturated heterocycles. The van der Waals surface area contributed by atoms with Gasteiger partial charge in [0.2, 0.25) is 11.8 Å². The van der Waals surface area contributed by atoms with Gasteiger partial charge in [-0.2, -0.15) is 0 Å². The van der Waals surface area contributed by atoms with Gasteiger partial charge in [-0.3, -0.25) is 14.4 Å². The Morgan fingerprint density at radius 3 is 2.55 bits per heavy atom. The van der Waals surface area contributed by atoms with Crippen LogP contribution in [0.4, 0.5) is 4.39 Å². The van der Waals surface area contributed by atoms with Crippen LogP contribution in [0.3, 0.4) is 0 Å². The second kappa shape index (κ2) is 11.3. The number of aliphatic hydroxyl groups is 2. The smallest absolute Gasteiger partial charge is 0.247 e. The number of nitrogens with one attached hydrogen (secondary N) is 1. The summed E-state index contributed by atoms with van der Waals surface area (Å²) in [5, 5.41) is 23.5. The molecule has 0 bridgehead atoms. The molecule has 1 heterocycles. The molecule has 38 heavy (non-hydrogen) atoms. The van der Waals surface area contributed by atoms with E-state index in [-0.39, 0.29) is 36.9 Å². The van der Waals surface area contributed by atoms with Crippen LogP contribution < -0.4 is 14.8 Å². The number of hydrogen-bond acceptors (Lipinski definition) is 7. The van der Waals surface area contributed by atoms with Gasteiger partial charge in [0.05, 0.1) is 25.7 Å². The van der Waals surface area contributed by atoms with Gasteiger partial charge in [0.25, 0.3) is 0 Å². The predicted molar refractivity (Wildman–Crippen MR) is 135 cm³/mol. The molecule has 0 fully saturated rings. The first-order valence-electron chi connectivity index (χ1n) is 12.4. The monoisotopic (exact) mass is 526 g/mol. The van der Waals surface area contributed by atoms with Gasteiger partial charge in [-0.1, -0.05) is 26.0 Å².